The highest BCUT2D eigenvalue weighted by atomic mass is 16.3. The van der Waals surface area contributed by atoms with Gasteiger partial charge in [-0.25, -0.2) is 0 Å². The van der Waals surface area contributed by atoms with Crippen LogP contribution in [0, 0.1) is 0 Å². The minimum Gasteiger partial charge on any atom is -0.383 e. The number of aliphatic hydroxyl groups is 1. The van der Waals surface area contributed by atoms with E-state index in [0.717, 1.165) is 25.9 Å². The van der Waals surface area contributed by atoms with Crippen LogP contribution in [0.2, 0.25) is 0 Å². The summed E-state index contributed by atoms with van der Waals surface area (Å²) in [5.41, 5.74) is 5.18. The van der Waals surface area contributed by atoms with E-state index in [1.165, 1.54) is 0 Å². The molecule has 1 aromatic heterocycles. The van der Waals surface area contributed by atoms with Crippen molar-refractivity contribution in [2.45, 2.75) is 31.4 Å². The van der Waals surface area contributed by atoms with Crippen molar-refractivity contribution >= 4 is 5.91 Å². The molecule has 5 nitrogen and oxygen atoms in total. The average Bonchev–Trinajstić information content (AvgIpc) is 2.92. The van der Waals surface area contributed by atoms with Crippen LogP contribution in [0.3, 0.4) is 0 Å². The second-order valence-corrected chi connectivity index (χ2v) is 4.89. The summed E-state index contributed by atoms with van der Waals surface area (Å²) in [6, 6.07) is 2.41. The van der Waals surface area contributed by atoms with Gasteiger partial charge in [-0.2, -0.15) is 0 Å². The van der Waals surface area contributed by atoms with E-state index in [1.807, 2.05) is 0 Å². The van der Waals surface area contributed by atoms with Crippen LogP contribution >= 0.6 is 0 Å². The molecule has 0 bridgehead atoms. The van der Waals surface area contributed by atoms with Gasteiger partial charge in [-0.05, 0) is 37.5 Å². The molecule has 0 spiro atoms. The van der Waals surface area contributed by atoms with Gasteiger partial charge in [0.2, 0.25) is 5.91 Å². The molecular formula is C13H19N3O2. The first-order valence-corrected chi connectivity index (χ1v) is 6.20. The van der Waals surface area contributed by atoms with Gasteiger partial charge in [-0.3, -0.25) is 9.78 Å². The van der Waals surface area contributed by atoms with Crippen molar-refractivity contribution < 1.29 is 9.90 Å². The largest absolute Gasteiger partial charge is 0.383 e. The van der Waals surface area contributed by atoms with Crippen molar-refractivity contribution in [2.75, 3.05) is 13.1 Å². The second kappa shape index (κ2) is 5.04. The Morgan fingerprint density at radius 3 is 2.56 bits per heavy atom. The molecule has 1 fully saturated rings. The molecule has 0 radical (unpaired) electrons. The number of nitrogens with zero attached hydrogens (tertiary/aromatic N) is 2. The molecule has 1 aromatic rings. The number of carbonyl (C=O) groups excluding carboxylic acids is 1. The maximum atomic E-state index is 12.2. The number of hydrogen-bond acceptors (Lipinski definition) is 4. The monoisotopic (exact) mass is 249 g/mol. The molecule has 0 aromatic carbocycles. The Morgan fingerprint density at radius 1 is 1.44 bits per heavy atom. The zero-order valence-corrected chi connectivity index (χ0v) is 10.5. The second-order valence-electron chi connectivity index (χ2n) is 4.89. The Kier molecular flexibility index (Phi) is 3.63. The maximum Gasteiger partial charge on any atom is 0.242 e. The minimum atomic E-state index is -1.37. The van der Waals surface area contributed by atoms with E-state index in [0.29, 0.717) is 5.56 Å². The molecule has 2 atom stereocenters. The lowest BCUT2D eigenvalue weighted by molar-refractivity contribution is -0.137. The third kappa shape index (κ3) is 2.37. The molecular weight excluding hydrogens is 230 g/mol. The number of pyridine rings is 1. The van der Waals surface area contributed by atoms with Crippen molar-refractivity contribution in [3.8, 4) is 0 Å². The lowest BCUT2D eigenvalue weighted by Gasteiger charge is -2.32. The molecule has 1 amide bonds. The molecule has 2 unspecified atom stereocenters. The number of nitrogens with two attached hydrogens (primary N) is 1. The Labute approximate surface area is 107 Å². The predicted molar refractivity (Wildman–Crippen MR) is 67.6 cm³/mol. The van der Waals surface area contributed by atoms with E-state index >= 15 is 0 Å². The Bertz CT molecular complexity index is 414. The quantitative estimate of drug-likeness (QED) is 0.804. The molecule has 1 saturated heterocycles. The first-order valence-electron chi connectivity index (χ1n) is 6.20. The molecule has 18 heavy (non-hydrogen) atoms. The Balaban J connectivity index is 2.16. The number of carbonyl (C=O) groups is 1. The van der Waals surface area contributed by atoms with Crippen molar-refractivity contribution in [3.63, 3.8) is 0 Å². The summed E-state index contributed by atoms with van der Waals surface area (Å²) in [4.78, 5) is 17.8. The fraction of sp³-hybridized carbons (Fsp3) is 0.538. The first-order chi connectivity index (χ1) is 8.53. The van der Waals surface area contributed by atoms with Crippen LogP contribution in [0.5, 0.6) is 0 Å². The summed E-state index contributed by atoms with van der Waals surface area (Å²) in [5.74, 6) is -0.186. The van der Waals surface area contributed by atoms with Gasteiger partial charge in [-0.15, -0.1) is 0 Å². The fourth-order valence-electron chi connectivity index (χ4n) is 2.24. The third-order valence-corrected chi connectivity index (χ3v) is 3.55. The van der Waals surface area contributed by atoms with Crippen molar-refractivity contribution in [1.82, 2.24) is 9.88 Å². The molecule has 1 aliphatic rings. The van der Waals surface area contributed by atoms with Crippen LogP contribution < -0.4 is 5.73 Å². The van der Waals surface area contributed by atoms with Crippen LogP contribution in [0.25, 0.3) is 0 Å². The molecule has 1 aliphatic heterocycles. The number of likely N-dealkylation sites (tertiary alicyclic amines) is 1. The van der Waals surface area contributed by atoms with E-state index in [9.17, 15) is 9.90 Å². The van der Waals surface area contributed by atoms with Crippen molar-refractivity contribution in [1.29, 1.82) is 0 Å². The Hall–Kier alpha value is -1.46. The summed E-state index contributed by atoms with van der Waals surface area (Å²) in [5, 5.41) is 10.5. The number of rotatable bonds is 3. The van der Waals surface area contributed by atoms with Crippen LogP contribution in [-0.4, -0.2) is 40.0 Å². The molecule has 98 valence electrons. The number of amides is 1. The molecule has 0 saturated carbocycles. The summed E-state index contributed by atoms with van der Waals surface area (Å²) in [7, 11) is 0. The van der Waals surface area contributed by atoms with E-state index in [2.05, 4.69) is 4.98 Å². The predicted octanol–water partition coefficient (Wildman–Crippen LogP) is 0.239. The van der Waals surface area contributed by atoms with Crippen molar-refractivity contribution in [2.24, 2.45) is 5.73 Å². The van der Waals surface area contributed by atoms with Gasteiger partial charge in [0.1, 0.15) is 11.6 Å². The van der Waals surface area contributed by atoms with Gasteiger partial charge in [0.25, 0.3) is 0 Å². The van der Waals surface area contributed by atoms with Gasteiger partial charge < -0.3 is 15.7 Å². The van der Waals surface area contributed by atoms with E-state index in [4.69, 9.17) is 5.73 Å². The van der Waals surface area contributed by atoms with Crippen LogP contribution in [-0.2, 0) is 10.4 Å². The summed E-state index contributed by atoms with van der Waals surface area (Å²) in [6.45, 7) is 3.04. The smallest absolute Gasteiger partial charge is 0.242 e. The zero-order valence-electron chi connectivity index (χ0n) is 10.5. The number of aromatic nitrogens is 1. The highest BCUT2D eigenvalue weighted by molar-refractivity contribution is 5.83. The van der Waals surface area contributed by atoms with Gasteiger partial charge in [0.05, 0.1) is 0 Å². The zero-order chi connectivity index (χ0) is 13.2. The average molecular weight is 249 g/mol. The highest BCUT2D eigenvalue weighted by Gasteiger charge is 2.38. The standard InChI is InChI=1S/C13H19N3O2/c1-13(18,10-4-6-15-7-5-10)11(14)12(17)16-8-2-3-9-16/h4-7,11,18H,2-3,8-9,14H2,1H3. The summed E-state index contributed by atoms with van der Waals surface area (Å²) < 4.78 is 0. The SMILES string of the molecule is CC(O)(c1ccncc1)C(N)C(=O)N1CCCC1. The molecule has 3 N–H and O–H groups in total. The normalized spacial score (nSPS) is 20.5. The number of hydrogen-bond donors (Lipinski definition) is 2. The van der Waals surface area contributed by atoms with Gasteiger partial charge in [0.15, 0.2) is 0 Å². The molecule has 0 aliphatic carbocycles. The molecule has 2 heterocycles. The van der Waals surface area contributed by atoms with Crippen molar-refractivity contribution in [3.05, 3.63) is 30.1 Å². The fourth-order valence-corrected chi connectivity index (χ4v) is 2.24. The van der Waals surface area contributed by atoms with Gasteiger partial charge in [-0.1, -0.05) is 0 Å². The third-order valence-electron chi connectivity index (χ3n) is 3.55. The first kappa shape index (κ1) is 13.0. The van der Waals surface area contributed by atoms with E-state index < -0.39 is 11.6 Å². The maximum absolute atomic E-state index is 12.2. The molecule has 2 rings (SSSR count). The minimum absolute atomic E-state index is 0.186. The summed E-state index contributed by atoms with van der Waals surface area (Å²) in [6.07, 6.45) is 5.18. The lowest BCUT2D eigenvalue weighted by atomic mass is 9.88. The highest BCUT2D eigenvalue weighted by Crippen LogP contribution is 2.24. The van der Waals surface area contributed by atoms with Crippen LogP contribution in [0.1, 0.15) is 25.3 Å². The van der Waals surface area contributed by atoms with Crippen LogP contribution in [0.4, 0.5) is 0 Å². The van der Waals surface area contributed by atoms with E-state index in [-0.39, 0.29) is 5.91 Å². The lowest BCUT2D eigenvalue weighted by Crippen LogP contribution is -2.54. The molecule has 5 heteroatoms. The summed E-state index contributed by atoms with van der Waals surface area (Å²) >= 11 is 0. The topological polar surface area (TPSA) is 79.5 Å². The van der Waals surface area contributed by atoms with Gasteiger partial charge >= 0.3 is 0 Å². The van der Waals surface area contributed by atoms with E-state index in [1.54, 1.807) is 36.4 Å². The van der Waals surface area contributed by atoms with Crippen LogP contribution in [0.15, 0.2) is 24.5 Å². The Morgan fingerprint density at radius 2 is 2.00 bits per heavy atom. The van der Waals surface area contributed by atoms with Gasteiger partial charge in [0, 0.05) is 25.5 Å².